The number of hydrogen-bond donors (Lipinski definition) is 1. The molecule has 5 nitrogen and oxygen atoms in total. The molecule has 138 valence electrons. The number of halogens is 1. The molecule has 0 aliphatic rings. The van der Waals surface area contributed by atoms with Crippen molar-refractivity contribution in [3.05, 3.63) is 58.6 Å². The number of carbonyl (C=O) groups excluding carboxylic acids is 2. The van der Waals surface area contributed by atoms with E-state index in [-0.39, 0.29) is 11.9 Å². The van der Waals surface area contributed by atoms with E-state index in [2.05, 4.69) is 5.32 Å². The van der Waals surface area contributed by atoms with Gasteiger partial charge in [0.15, 0.2) is 6.10 Å². The van der Waals surface area contributed by atoms with Crippen LogP contribution >= 0.6 is 11.6 Å². The summed E-state index contributed by atoms with van der Waals surface area (Å²) >= 11 is 5.98. The molecule has 0 unspecified atom stereocenters. The van der Waals surface area contributed by atoms with E-state index in [9.17, 15) is 9.59 Å². The smallest absolute Gasteiger partial charge is 0.338 e. The average Bonchev–Trinajstić information content (AvgIpc) is 2.63. The number of aryl methyl sites for hydroxylation is 1. The lowest BCUT2D eigenvalue weighted by molar-refractivity contribution is -0.122. The highest BCUT2D eigenvalue weighted by atomic mass is 35.5. The predicted molar refractivity (Wildman–Crippen MR) is 102 cm³/mol. The van der Waals surface area contributed by atoms with Crippen LogP contribution in [0, 0.1) is 6.92 Å². The molecule has 0 fully saturated rings. The van der Waals surface area contributed by atoms with Crippen molar-refractivity contribution in [1.29, 1.82) is 0 Å². The first-order valence-electron chi connectivity index (χ1n) is 8.41. The molecule has 0 heterocycles. The lowest BCUT2D eigenvalue weighted by Gasteiger charge is -2.15. The lowest BCUT2D eigenvalue weighted by Crippen LogP contribution is -2.30. The summed E-state index contributed by atoms with van der Waals surface area (Å²) in [7, 11) is 0. The van der Waals surface area contributed by atoms with Gasteiger partial charge >= 0.3 is 5.97 Å². The van der Waals surface area contributed by atoms with Crippen LogP contribution in [0.25, 0.3) is 0 Å². The minimum absolute atomic E-state index is 0.293. The summed E-state index contributed by atoms with van der Waals surface area (Å²) in [5, 5.41) is 3.40. The first-order valence-corrected chi connectivity index (χ1v) is 8.79. The molecular weight excluding hydrogens is 354 g/mol. The Morgan fingerprint density at radius 1 is 1.15 bits per heavy atom. The number of rotatable bonds is 7. The fraction of sp³-hybridized carbons (Fsp3) is 0.300. The Kier molecular flexibility index (Phi) is 7.04. The summed E-state index contributed by atoms with van der Waals surface area (Å²) in [6, 6.07) is 11.8. The highest BCUT2D eigenvalue weighted by Crippen LogP contribution is 2.22. The molecule has 0 saturated carbocycles. The standard InChI is InChI=1S/C20H22ClNO4/c1-4-11-25-20(24)15-5-7-16(8-6-15)22-19(23)14(3)26-17-9-10-18(21)13(2)12-17/h5-10,12,14H,4,11H2,1-3H3,(H,22,23)/t14-/m1/s1. The molecule has 1 N–H and O–H groups in total. The molecule has 2 aromatic rings. The number of benzene rings is 2. The molecule has 2 aromatic carbocycles. The van der Waals surface area contributed by atoms with E-state index in [0.29, 0.717) is 28.6 Å². The zero-order valence-corrected chi connectivity index (χ0v) is 15.8. The number of esters is 1. The molecule has 2 rings (SSSR count). The van der Waals surface area contributed by atoms with E-state index in [1.54, 1.807) is 49.4 Å². The van der Waals surface area contributed by atoms with E-state index in [4.69, 9.17) is 21.1 Å². The maximum absolute atomic E-state index is 12.3. The summed E-state index contributed by atoms with van der Waals surface area (Å²) in [6.07, 6.45) is 0.0787. The SMILES string of the molecule is CCCOC(=O)c1ccc(NC(=O)[C@@H](C)Oc2ccc(Cl)c(C)c2)cc1. The van der Waals surface area contributed by atoms with Crippen molar-refractivity contribution in [2.75, 3.05) is 11.9 Å². The Hall–Kier alpha value is -2.53. The van der Waals surface area contributed by atoms with Crippen molar-refractivity contribution >= 4 is 29.2 Å². The summed E-state index contributed by atoms with van der Waals surface area (Å²) < 4.78 is 10.7. The van der Waals surface area contributed by atoms with Gasteiger partial charge in [0.2, 0.25) is 0 Å². The number of ether oxygens (including phenoxy) is 2. The van der Waals surface area contributed by atoms with Crippen LogP contribution in [-0.4, -0.2) is 24.6 Å². The molecular formula is C20H22ClNO4. The number of carbonyl (C=O) groups is 2. The molecule has 1 amide bonds. The molecule has 0 bridgehead atoms. The van der Waals surface area contributed by atoms with Gasteiger partial charge in [0.1, 0.15) is 5.75 Å². The molecule has 0 radical (unpaired) electrons. The van der Waals surface area contributed by atoms with Crippen molar-refractivity contribution < 1.29 is 19.1 Å². The third-order valence-electron chi connectivity index (χ3n) is 3.64. The molecule has 0 spiro atoms. The van der Waals surface area contributed by atoms with Crippen molar-refractivity contribution in [2.45, 2.75) is 33.3 Å². The molecule has 0 aliphatic heterocycles. The van der Waals surface area contributed by atoms with Crippen molar-refractivity contribution in [3.63, 3.8) is 0 Å². The summed E-state index contributed by atoms with van der Waals surface area (Å²) in [5.41, 5.74) is 1.89. The fourth-order valence-corrected chi connectivity index (χ4v) is 2.28. The quantitative estimate of drug-likeness (QED) is 0.717. The molecule has 0 saturated heterocycles. The third kappa shape index (κ3) is 5.49. The maximum atomic E-state index is 12.3. The van der Waals surface area contributed by atoms with E-state index in [0.717, 1.165) is 12.0 Å². The van der Waals surface area contributed by atoms with Crippen LogP contribution < -0.4 is 10.1 Å². The Morgan fingerprint density at radius 2 is 1.85 bits per heavy atom. The molecule has 0 aromatic heterocycles. The number of anilines is 1. The number of nitrogens with one attached hydrogen (secondary N) is 1. The first-order chi connectivity index (χ1) is 12.4. The monoisotopic (exact) mass is 375 g/mol. The molecule has 26 heavy (non-hydrogen) atoms. The van der Waals surface area contributed by atoms with E-state index < -0.39 is 6.10 Å². The summed E-state index contributed by atoms with van der Waals surface area (Å²) in [4.78, 5) is 24.0. The van der Waals surface area contributed by atoms with Gasteiger partial charge in [-0.05, 0) is 68.3 Å². The highest BCUT2D eigenvalue weighted by Gasteiger charge is 2.16. The Balaban J connectivity index is 1.93. The van der Waals surface area contributed by atoms with Crippen molar-refractivity contribution in [1.82, 2.24) is 0 Å². The molecule has 6 heteroatoms. The van der Waals surface area contributed by atoms with E-state index in [1.807, 2.05) is 13.8 Å². The van der Waals surface area contributed by atoms with Crippen LogP contribution in [0.3, 0.4) is 0 Å². The van der Waals surface area contributed by atoms with Gasteiger partial charge < -0.3 is 14.8 Å². The maximum Gasteiger partial charge on any atom is 0.338 e. The lowest BCUT2D eigenvalue weighted by atomic mass is 10.2. The Bertz CT molecular complexity index is 774. The van der Waals surface area contributed by atoms with Gasteiger partial charge in [-0.25, -0.2) is 4.79 Å². The summed E-state index contributed by atoms with van der Waals surface area (Å²) in [5.74, 6) is -0.0954. The summed E-state index contributed by atoms with van der Waals surface area (Å²) in [6.45, 7) is 5.85. The number of hydrogen-bond acceptors (Lipinski definition) is 4. The molecule has 1 atom stereocenters. The zero-order valence-electron chi connectivity index (χ0n) is 15.0. The zero-order chi connectivity index (χ0) is 19.1. The third-order valence-corrected chi connectivity index (χ3v) is 4.06. The van der Waals surface area contributed by atoms with Crippen LogP contribution in [0.2, 0.25) is 5.02 Å². The number of amides is 1. The first kappa shape index (κ1) is 19.8. The van der Waals surface area contributed by atoms with E-state index in [1.165, 1.54) is 0 Å². The largest absolute Gasteiger partial charge is 0.481 e. The van der Waals surface area contributed by atoms with Gasteiger partial charge in [-0.2, -0.15) is 0 Å². The van der Waals surface area contributed by atoms with Gasteiger partial charge in [0.25, 0.3) is 5.91 Å². The van der Waals surface area contributed by atoms with Crippen LogP contribution in [0.5, 0.6) is 5.75 Å². The second-order valence-electron chi connectivity index (χ2n) is 5.87. The van der Waals surface area contributed by atoms with Gasteiger partial charge in [-0.15, -0.1) is 0 Å². The Morgan fingerprint density at radius 3 is 2.46 bits per heavy atom. The van der Waals surface area contributed by atoms with Gasteiger partial charge in [0, 0.05) is 10.7 Å². The van der Waals surface area contributed by atoms with Crippen molar-refractivity contribution in [3.8, 4) is 5.75 Å². The van der Waals surface area contributed by atoms with Gasteiger partial charge in [-0.3, -0.25) is 4.79 Å². The highest BCUT2D eigenvalue weighted by molar-refractivity contribution is 6.31. The van der Waals surface area contributed by atoms with Crippen LogP contribution in [0.4, 0.5) is 5.69 Å². The van der Waals surface area contributed by atoms with Crippen LogP contribution in [-0.2, 0) is 9.53 Å². The molecule has 0 aliphatic carbocycles. The Labute approximate surface area is 158 Å². The second kappa shape index (κ2) is 9.25. The normalized spacial score (nSPS) is 11.5. The minimum Gasteiger partial charge on any atom is -0.481 e. The average molecular weight is 376 g/mol. The topological polar surface area (TPSA) is 64.6 Å². The minimum atomic E-state index is -0.690. The van der Waals surface area contributed by atoms with Crippen molar-refractivity contribution in [2.24, 2.45) is 0 Å². The van der Waals surface area contributed by atoms with Crippen LogP contribution in [0.15, 0.2) is 42.5 Å². The predicted octanol–water partition coefficient (Wildman–Crippen LogP) is 4.62. The second-order valence-corrected chi connectivity index (χ2v) is 6.28. The van der Waals surface area contributed by atoms with Gasteiger partial charge in [0.05, 0.1) is 12.2 Å². The van der Waals surface area contributed by atoms with Gasteiger partial charge in [-0.1, -0.05) is 18.5 Å². The van der Waals surface area contributed by atoms with E-state index >= 15 is 0 Å². The fourth-order valence-electron chi connectivity index (χ4n) is 2.16. The van der Waals surface area contributed by atoms with Crippen LogP contribution in [0.1, 0.15) is 36.2 Å².